The van der Waals surface area contributed by atoms with Crippen LogP contribution in [-0.2, 0) is 14.3 Å². The number of ether oxygens (including phenoxy) is 2. The molecule has 0 aliphatic carbocycles. The highest BCUT2D eigenvalue weighted by molar-refractivity contribution is 6.00. The Morgan fingerprint density at radius 2 is 2.25 bits per heavy atom. The molecule has 1 N–H and O–H groups in total. The SMILES string of the molecule is CCOC(=O)[C@@H]1C(=O)NC[C@H]1c1ccc(OC)cc1F. The van der Waals surface area contributed by atoms with Crippen molar-refractivity contribution in [1.29, 1.82) is 0 Å². The summed E-state index contributed by atoms with van der Waals surface area (Å²) in [6.45, 7) is 2.06. The fraction of sp³-hybridized carbons (Fsp3) is 0.429. The van der Waals surface area contributed by atoms with E-state index in [4.69, 9.17) is 9.47 Å². The van der Waals surface area contributed by atoms with Gasteiger partial charge in [-0.2, -0.15) is 0 Å². The van der Waals surface area contributed by atoms with Gasteiger partial charge in [-0.05, 0) is 18.6 Å². The quantitative estimate of drug-likeness (QED) is 0.666. The molecular formula is C14H16FNO4. The molecule has 5 nitrogen and oxygen atoms in total. The van der Waals surface area contributed by atoms with Crippen molar-refractivity contribution in [3.63, 3.8) is 0 Å². The summed E-state index contributed by atoms with van der Waals surface area (Å²) in [5.74, 6) is -2.73. The van der Waals surface area contributed by atoms with Gasteiger partial charge in [-0.15, -0.1) is 0 Å². The van der Waals surface area contributed by atoms with Crippen LogP contribution in [0.4, 0.5) is 4.39 Å². The molecule has 1 fully saturated rings. The smallest absolute Gasteiger partial charge is 0.319 e. The molecule has 1 aromatic carbocycles. The monoisotopic (exact) mass is 281 g/mol. The van der Waals surface area contributed by atoms with Crippen molar-refractivity contribution in [2.75, 3.05) is 20.3 Å². The van der Waals surface area contributed by atoms with Crippen molar-refractivity contribution in [3.8, 4) is 5.75 Å². The van der Waals surface area contributed by atoms with E-state index in [1.807, 2.05) is 0 Å². The summed E-state index contributed by atoms with van der Waals surface area (Å²) in [4.78, 5) is 23.6. The highest BCUT2D eigenvalue weighted by Gasteiger charge is 2.43. The summed E-state index contributed by atoms with van der Waals surface area (Å²) < 4.78 is 23.9. The van der Waals surface area contributed by atoms with Crippen LogP contribution in [0.15, 0.2) is 18.2 Å². The average molecular weight is 281 g/mol. The topological polar surface area (TPSA) is 64.6 Å². The first-order chi connectivity index (χ1) is 9.58. The van der Waals surface area contributed by atoms with Gasteiger partial charge in [0.1, 0.15) is 17.5 Å². The summed E-state index contributed by atoms with van der Waals surface area (Å²) in [7, 11) is 1.44. The Labute approximate surface area is 116 Å². The first-order valence-electron chi connectivity index (χ1n) is 6.36. The molecule has 0 aromatic heterocycles. The van der Waals surface area contributed by atoms with Crippen LogP contribution in [0.5, 0.6) is 5.75 Å². The van der Waals surface area contributed by atoms with Crippen LogP contribution in [0.1, 0.15) is 18.4 Å². The van der Waals surface area contributed by atoms with Gasteiger partial charge in [-0.25, -0.2) is 4.39 Å². The first kappa shape index (κ1) is 14.3. The summed E-state index contributed by atoms with van der Waals surface area (Å²) >= 11 is 0. The number of hydrogen-bond acceptors (Lipinski definition) is 4. The van der Waals surface area contributed by atoms with E-state index in [9.17, 15) is 14.0 Å². The van der Waals surface area contributed by atoms with Crippen molar-refractivity contribution in [2.24, 2.45) is 5.92 Å². The first-order valence-corrected chi connectivity index (χ1v) is 6.36. The summed E-state index contributed by atoms with van der Waals surface area (Å²) in [5.41, 5.74) is 0.308. The lowest BCUT2D eigenvalue weighted by molar-refractivity contribution is -0.151. The summed E-state index contributed by atoms with van der Waals surface area (Å²) in [6.07, 6.45) is 0. The van der Waals surface area contributed by atoms with Gasteiger partial charge in [0.05, 0.1) is 13.7 Å². The zero-order valence-electron chi connectivity index (χ0n) is 11.3. The predicted octanol–water partition coefficient (Wildman–Crippen LogP) is 1.23. The Hall–Kier alpha value is -2.11. The van der Waals surface area contributed by atoms with E-state index in [-0.39, 0.29) is 13.2 Å². The molecule has 1 aliphatic rings. The third-order valence-electron chi connectivity index (χ3n) is 3.33. The number of hydrogen-bond donors (Lipinski definition) is 1. The number of nitrogens with one attached hydrogen (secondary N) is 1. The lowest BCUT2D eigenvalue weighted by Crippen LogP contribution is -2.29. The zero-order chi connectivity index (χ0) is 14.7. The Morgan fingerprint density at radius 3 is 2.85 bits per heavy atom. The number of halogens is 1. The maximum Gasteiger partial charge on any atom is 0.319 e. The van der Waals surface area contributed by atoms with Crippen LogP contribution in [-0.4, -0.2) is 32.1 Å². The molecule has 2 rings (SSSR count). The second-order valence-corrected chi connectivity index (χ2v) is 4.47. The summed E-state index contributed by atoms with van der Waals surface area (Å²) in [6, 6.07) is 4.37. The molecule has 0 saturated carbocycles. The van der Waals surface area contributed by atoms with Crippen molar-refractivity contribution in [3.05, 3.63) is 29.6 Å². The number of methoxy groups -OCH3 is 1. The minimum absolute atomic E-state index is 0.181. The number of carbonyl (C=O) groups excluding carboxylic acids is 2. The summed E-state index contributed by atoms with van der Waals surface area (Å²) in [5, 5.41) is 2.58. The Bertz CT molecular complexity index is 532. The van der Waals surface area contributed by atoms with Crippen LogP contribution in [0.25, 0.3) is 0 Å². The standard InChI is InChI=1S/C14H16FNO4/c1-3-20-14(18)12-10(7-16-13(12)17)9-5-4-8(19-2)6-11(9)15/h4-6,10,12H,3,7H2,1-2H3,(H,16,17)/t10-,12-/m0/s1. The van der Waals surface area contributed by atoms with Crippen LogP contribution in [0.2, 0.25) is 0 Å². The van der Waals surface area contributed by atoms with Gasteiger partial charge < -0.3 is 14.8 Å². The van der Waals surface area contributed by atoms with Gasteiger partial charge in [-0.1, -0.05) is 6.07 Å². The van der Waals surface area contributed by atoms with Gasteiger partial charge in [0.15, 0.2) is 0 Å². The van der Waals surface area contributed by atoms with E-state index >= 15 is 0 Å². The van der Waals surface area contributed by atoms with Crippen LogP contribution < -0.4 is 10.1 Å². The highest BCUT2D eigenvalue weighted by atomic mass is 19.1. The van der Waals surface area contributed by atoms with E-state index < -0.39 is 29.5 Å². The fourth-order valence-electron chi connectivity index (χ4n) is 2.35. The van der Waals surface area contributed by atoms with Gasteiger partial charge in [-0.3, -0.25) is 9.59 Å². The molecular weight excluding hydrogens is 265 g/mol. The number of esters is 1. The maximum absolute atomic E-state index is 14.1. The van der Waals surface area contributed by atoms with E-state index in [0.717, 1.165) is 0 Å². The third kappa shape index (κ3) is 2.59. The lowest BCUT2D eigenvalue weighted by Gasteiger charge is -2.16. The minimum Gasteiger partial charge on any atom is -0.497 e. The average Bonchev–Trinajstić information content (AvgIpc) is 2.80. The maximum atomic E-state index is 14.1. The molecule has 2 atom stereocenters. The largest absolute Gasteiger partial charge is 0.497 e. The second kappa shape index (κ2) is 5.90. The molecule has 6 heteroatoms. The van der Waals surface area contributed by atoms with Crippen LogP contribution in [0.3, 0.4) is 0 Å². The Morgan fingerprint density at radius 1 is 1.50 bits per heavy atom. The Kier molecular flexibility index (Phi) is 4.22. The molecule has 0 spiro atoms. The van der Waals surface area contributed by atoms with E-state index in [1.165, 1.54) is 19.2 Å². The van der Waals surface area contributed by atoms with Crippen molar-refractivity contribution < 1.29 is 23.5 Å². The molecule has 0 unspecified atom stereocenters. The molecule has 1 heterocycles. The molecule has 20 heavy (non-hydrogen) atoms. The molecule has 1 saturated heterocycles. The molecule has 1 aromatic rings. The van der Waals surface area contributed by atoms with Crippen LogP contribution in [0, 0.1) is 11.7 Å². The van der Waals surface area contributed by atoms with Crippen molar-refractivity contribution in [1.82, 2.24) is 5.32 Å². The number of benzene rings is 1. The van der Waals surface area contributed by atoms with E-state index in [1.54, 1.807) is 13.0 Å². The highest BCUT2D eigenvalue weighted by Crippen LogP contribution is 2.33. The van der Waals surface area contributed by atoms with Gasteiger partial charge in [0.2, 0.25) is 5.91 Å². The van der Waals surface area contributed by atoms with Gasteiger partial charge in [0, 0.05) is 18.5 Å². The molecule has 1 amide bonds. The lowest BCUT2D eigenvalue weighted by atomic mass is 9.88. The fourth-order valence-corrected chi connectivity index (χ4v) is 2.35. The van der Waals surface area contributed by atoms with Crippen LogP contribution >= 0.6 is 0 Å². The predicted molar refractivity (Wildman–Crippen MR) is 68.8 cm³/mol. The third-order valence-corrected chi connectivity index (χ3v) is 3.33. The Balaban J connectivity index is 2.31. The van der Waals surface area contributed by atoms with Gasteiger partial charge >= 0.3 is 5.97 Å². The molecule has 0 radical (unpaired) electrons. The zero-order valence-corrected chi connectivity index (χ0v) is 11.3. The second-order valence-electron chi connectivity index (χ2n) is 4.47. The molecule has 1 aliphatic heterocycles. The number of carbonyl (C=O) groups is 2. The number of rotatable bonds is 4. The van der Waals surface area contributed by atoms with Gasteiger partial charge in [0.25, 0.3) is 0 Å². The normalized spacial score (nSPS) is 21.4. The van der Waals surface area contributed by atoms with Crippen molar-refractivity contribution >= 4 is 11.9 Å². The molecule has 0 bridgehead atoms. The van der Waals surface area contributed by atoms with E-state index in [0.29, 0.717) is 11.3 Å². The molecule has 108 valence electrons. The minimum atomic E-state index is -1.00. The van der Waals surface area contributed by atoms with Crippen molar-refractivity contribution in [2.45, 2.75) is 12.8 Å². The number of amides is 1. The van der Waals surface area contributed by atoms with E-state index in [2.05, 4.69) is 5.32 Å².